The molecule has 2 aromatic heterocycles. The molecule has 2 aromatic carbocycles. The maximum absolute atomic E-state index is 13.8. The van der Waals surface area contributed by atoms with Crippen molar-refractivity contribution >= 4 is 29.5 Å². The maximum Gasteiger partial charge on any atom is 0.202 e. The summed E-state index contributed by atoms with van der Waals surface area (Å²) in [5, 5.41) is 5.40. The van der Waals surface area contributed by atoms with Crippen LogP contribution in [0.4, 0.5) is 10.1 Å². The molecule has 0 bridgehead atoms. The zero-order valence-electron chi connectivity index (χ0n) is 17.6. The number of methoxy groups -OCH3 is 1. The van der Waals surface area contributed by atoms with Crippen molar-refractivity contribution in [2.45, 2.75) is 6.54 Å². The second-order valence-corrected chi connectivity index (χ2v) is 7.91. The number of pyridine rings is 1. The van der Waals surface area contributed by atoms with E-state index in [9.17, 15) is 4.39 Å². The molecule has 0 saturated heterocycles. The van der Waals surface area contributed by atoms with Gasteiger partial charge in [-0.25, -0.2) is 9.07 Å². The SMILES string of the molecule is COc1cc(F)ccc1-c1nn(CCN(C)c2ccncc2)c(=S)n1-c1ccc(Cl)cc1. The number of benzene rings is 2. The molecule has 0 unspecified atom stereocenters. The molecule has 0 aliphatic rings. The summed E-state index contributed by atoms with van der Waals surface area (Å²) in [6.07, 6.45) is 3.51. The number of hydrogen-bond acceptors (Lipinski definition) is 5. The van der Waals surface area contributed by atoms with Crippen LogP contribution in [0, 0.1) is 10.6 Å². The third kappa shape index (κ3) is 4.51. The molecule has 0 saturated carbocycles. The van der Waals surface area contributed by atoms with Gasteiger partial charge in [-0.2, -0.15) is 5.10 Å². The first kappa shape index (κ1) is 22.0. The third-order valence-electron chi connectivity index (χ3n) is 5.08. The fourth-order valence-corrected chi connectivity index (χ4v) is 3.82. The van der Waals surface area contributed by atoms with Crippen molar-refractivity contribution in [1.29, 1.82) is 0 Å². The number of nitrogens with zero attached hydrogens (tertiary/aromatic N) is 5. The number of ether oxygens (including phenoxy) is 1. The van der Waals surface area contributed by atoms with E-state index in [2.05, 4.69) is 9.88 Å². The Morgan fingerprint density at radius 2 is 1.81 bits per heavy atom. The summed E-state index contributed by atoms with van der Waals surface area (Å²) in [6.45, 7) is 1.23. The van der Waals surface area contributed by atoms with E-state index < -0.39 is 0 Å². The molecule has 0 aliphatic carbocycles. The number of rotatable bonds is 7. The molecule has 0 spiro atoms. The Balaban J connectivity index is 1.77. The van der Waals surface area contributed by atoms with Crippen LogP contribution in [0.3, 0.4) is 0 Å². The van der Waals surface area contributed by atoms with Crippen LogP contribution in [0.15, 0.2) is 67.0 Å². The lowest BCUT2D eigenvalue weighted by molar-refractivity contribution is 0.412. The second kappa shape index (κ2) is 9.50. The summed E-state index contributed by atoms with van der Waals surface area (Å²) in [4.78, 5) is 6.16. The molecule has 6 nitrogen and oxygen atoms in total. The lowest BCUT2D eigenvalue weighted by Crippen LogP contribution is -2.23. The first-order valence-electron chi connectivity index (χ1n) is 9.89. The highest BCUT2D eigenvalue weighted by atomic mass is 35.5. The number of halogens is 2. The molecule has 4 rings (SSSR count). The minimum atomic E-state index is -0.388. The van der Waals surface area contributed by atoms with E-state index in [0.29, 0.717) is 40.0 Å². The van der Waals surface area contributed by atoms with Crippen LogP contribution in [-0.4, -0.2) is 40.0 Å². The fraction of sp³-hybridized carbons (Fsp3) is 0.174. The Morgan fingerprint density at radius 3 is 2.50 bits per heavy atom. The summed E-state index contributed by atoms with van der Waals surface area (Å²) in [5.41, 5.74) is 2.48. The second-order valence-electron chi connectivity index (χ2n) is 7.11. The van der Waals surface area contributed by atoms with E-state index in [1.807, 2.05) is 35.9 Å². The molecule has 0 fully saturated rings. The van der Waals surface area contributed by atoms with E-state index in [1.165, 1.54) is 19.2 Å². The first-order valence-corrected chi connectivity index (χ1v) is 10.7. The van der Waals surface area contributed by atoms with E-state index in [1.54, 1.807) is 35.3 Å². The van der Waals surface area contributed by atoms with E-state index in [-0.39, 0.29) is 5.82 Å². The van der Waals surface area contributed by atoms with Crippen molar-refractivity contribution in [3.8, 4) is 22.8 Å². The van der Waals surface area contributed by atoms with Gasteiger partial charge in [0, 0.05) is 42.8 Å². The standard InChI is InChI=1S/C23H21ClFN5OS/c1-28(18-9-11-26-12-10-18)13-14-29-23(32)30(19-6-3-16(24)4-7-19)22(27-29)20-8-5-17(25)15-21(20)31-2/h3-12,15H,13-14H2,1-2H3. The number of anilines is 1. The van der Waals surface area contributed by atoms with Crippen molar-refractivity contribution in [2.75, 3.05) is 25.6 Å². The van der Waals surface area contributed by atoms with Gasteiger partial charge in [0.1, 0.15) is 11.6 Å². The van der Waals surface area contributed by atoms with E-state index in [4.69, 9.17) is 33.7 Å². The van der Waals surface area contributed by atoms with Gasteiger partial charge in [0.2, 0.25) is 4.77 Å². The van der Waals surface area contributed by atoms with Gasteiger partial charge in [0.05, 0.1) is 24.9 Å². The van der Waals surface area contributed by atoms with Crippen molar-refractivity contribution in [2.24, 2.45) is 0 Å². The average Bonchev–Trinajstić information content (AvgIpc) is 3.14. The third-order valence-corrected chi connectivity index (χ3v) is 5.72. The predicted molar refractivity (Wildman–Crippen MR) is 127 cm³/mol. The minimum Gasteiger partial charge on any atom is -0.496 e. The summed E-state index contributed by atoms with van der Waals surface area (Å²) < 4.78 is 23.4. The summed E-state index contributed by atoms with van der Waals surface area (Å²) in [6, 6.07) is 15.6. The van der Waals surface area contributed by atoms with Crippen LogP contribution in [0.5, 0.6) is 5.75 Å². The molecular formula is C23H21ClFN5OS. The molecular weight excluding hydrogens is 449 g/mol. The fourth-order valence-electron chi connectivity index (χ4n) is 3.37. The van der Waals surface area contributed by atoms with Gasteiger partial charge in [-0.1, -0.05) is 11.6 Å². The smallest absolute Gasteiger partial charge is 0.202 e. The Kier molecular flexibility index (Phi) is 6.53. The zero-order valence-corrected chi connectivity index (χ0v) is 19.1. The normalized spacial score (nSPS) is 10.9. The number of likely N-dealkylation sites (N-methyl/N-ethyl adjacent to an activating group) is 1. The van der Waals surface area contributed by atoms with Crippen LogP contribution < -0.4 is 9.64 Å². The van der Waals surface area contributed by atoms with Crippen molar-refractivity contribution < 1.29 is 9.13 Å². The molecule has 32 heavy (non-hydrogen) atoms. The molecule has 2 heterocycles. The van der Waals surface area contributed by atoms with Gasteiger partial charge < -0.3 is 9.64 Å². The monoisotopic (exact) mass is 469 g/mol. The minimum absolute atomic E-state index is 0.376. The molecule has 0 atom stereocenters. The van der Waals surface area contributed by atoms with Gasteiger partial charge in [-0.15, -0.1) is 0 Å². The molecule has 4 aromatic rings. The molecule has 0 aliphatic heterocycles. The summed E-state index contributed by atoms with van der Waals surface area (Å²) in [5.74, 6) is 0.544. The predicted octanol–water partition coefficient (Wildman–Crippen LogP) is 5.40. The van der Waals surface area contributed by atoms with Crippen LogP contribution in [0.25, 0.3) is 17.1 Å². The first-order chi connectivity index (χ1) is 15.5. The average molecular weight is 470 g/mol. The Bertz CT molecular complexity index is 1270. The highest BCUT2D eigenvalue weighted by molar-refractivity contribution is 7.71. The summed E-state index contributed by atoms with van der Waals surface area (Å²) in [7, 11) is 3.50. The number of hydrogen-bond donors (Lipinski definition) is 0. The van der Waals surface area contributed by atoms with Crippen molar-refractivity contribution in [3.05, 3.63) is 82.6 Å². The highest BCUT2D eigenvalue weighted by Crippen LogP contribution is 2.32. The van der Waals surface area contributed by atoms with E-state index in [0.717, 1.165) is 11.4 Å². The van der Waals surface area contributed by atoms with Crippen LogP contribution in [0.2, 0.25) is 5.02 Å². The largest absolute Gasteiger partial charge is 0.496 e. The number of aromatic nitrogens is 4. The summed E-state index contributed by atoms with van der Waals surface area (Å²) >= 11 is 11.9. The van der Waals surface area contributed by atoms with Crippen molar-refractivity contribution in [1.82, 2.24) is 19.3 Å². The molecule has 0 radical (unpaired) electrons. The Labute approximate surface area is 195 Å². The van der Waals surface area contributed by atoms with Gasteiger partial charge in [0.15, 0.2) is 5.82 Å². The van der Waals surface area contributed by atoms with Gasteiger partial charge >= 0.3 is 0 Å². The maximum atomic E-state index is 13.8. The quantitative estimate of drug-likeness (QED) is 0.339. The van der Waals surface area contributed by atoms with E-state index >= 15 is 0 Å². The Morgan fingerprint density at radius 1 is 1.09 bits per heavy atom. The van der Waals surface area contributed by atoms with Gasteiger partial charge in [-0.3, -0.25) is 9.55 Å². The van der Waals surface area contributed by atoms with Crippen LogP contribution in [0.1, 0.15) is 0 Å². The topological polar surface area (TPSA) is 48.1 Å². The lowest BCUT2D eigenvalue weighted by atomic mass is 10.1. The van der Waals surface area contributed by atoms with Crippen LogP contribution >= 0.6 is 23.8 Å². The molecule has 9 heteroatoms. The molecule has 0 amide bonds. The zero-order chi connectivity index (χ0) is 22.7. The van der Waals surface area contributed by atoms with Gasteiger partial charge in [0.25, 0.3) is 0 Å². The van der Waals surface area contributed by atoms with Crippen molar-refractivity contribution in [3.63, 3.8) is 0 Å². The van der Waals surface area contributed by atoms with Gasteiger partial charge in [-0.05, 0) is 60.7 Å². The lowest BCUT2D eigenvalue weighted by Gasteiger charge is -2.18. The molecule has 164 valence electrons. The Hall–Kier alpha value is -3.23. The molecule has 0 N–H and O–H groups in total. The highest BCUT2D eigenvalue weighted by Gasteiger charge is 2.19. The van der Waals surface area contributed by atoms with Crippen LogP contribution in [-0.2, 0) is 6.54 Å².